The topological polar surface area (TPSA) is 51.8 Å². The maximum atomic E-state index is 12.0. The molecule has 0 unspecified atom stereocenters. The van der Waals surface area contributed by atoms with Crippen LogP contribution in [0.25, 0.3) is 0 Å². The van der Waals surface area contributed by atoms with Gasteiger partial charge >= 0.3 is 6.18 Å². The molecule has 3 nitrogen and oxygen atoms in total. The van der Waals surface area contributed by atoms with E-state index in [1.807, 2.05) is 0 Å². The summed E-state index contributed by atoms with van der Waals surface area (Å²) >= 11 is 0. The first kappa shape index (κ1) is 9.91. The predicted molar refractivity (Wildman–Crippen MR) is 39.6 cm³/mol. The number of hydrogen-bond donors (Lipinski definition) is 1. The van der Waals surface area contributed by atoms with E-state index in [0.717, 1.165) is 6.07 Å². The van der Waals surface area contributed by atoms with Gasteiger partial charge in [-0.25, -0.2) is 0 Å². The summed E-state index contributed by atoms with van der Waals surface area (Å²) in [5.74, 6) is 0. The van der Waals surface area contributed by atoms with Gasteiger partial charge in [-0.3, -0.25) is 0 Å². The Hall–Kier alpha value is -1.17. The van der Waals surface area contributed by atoms with Gasteiger partial charge in [0.15, 0.2) is 5.69 Å². The number of aromatic nitrogens is 2. The average Bonchev–Trinajstić information content (AvgIpc) is 2.03. The van der Waals surface area contributed by atoms with Gasteiger partial charge in [-0.05, 0) is 19.1 Å². The molecule has 1 aromatic rings. The van der Waals surface area contributed by atoms with Crippen molar-refractivity contribution in [1.29, 1.82) is 0 Å². The van der Waals surface area contributed by atoms with Gasteiger partial charge in [0.2, 0.25) is 0 Å². The molecule has 1 aromatic heterocycles. The molecule has 1 atom stereocenters. The fraction of sp³-hybridized carbons (Fsp3) is 0.429. The predicted octanol–water partition coefficient (Wildman–Crippen LogP) is 1.52. The van der Waals surface area contributed by atoms with Crippen LogP contribution in [0.5, 0.6) is 0 Å². The summed E-state index contributed by atoms with van der Waals surface area (Å²) < 4.78 is 36.0. The van der Waals surface area contributed by atoms with Crippen LogP contribution in [0.4, 0.5) is 13.2 Å². The highest BCUT2D eigenvalue weighted by Crippen LogP contribution is 2.26. The molecule has 6 heteroatoms. The summed E-state index contributed by atoms with van der Waals surface area (Å²) in [6.07, 6.45) is -4.44. The van der Waals surface area contributed by atoms with Crippen LogP contribution in [0.15, 0.2) is 12.1 Å². The third-order valence-electron chi connectivity index (χ3n) is 1.44. The minimum atomic E-state index is -4.44. The number of rotatable bonds is 1. The highest BCUT2D eigenvalue weighted by molar-refractivity contribution is 5.11. The van der Waals surface area contributed by atoms with Crippen molar-refractivity contribution < 1.29 is 13.2 Å². The third-order valence-corrected chi connectivity index (χ3v) is 1.44. The standard InChI is InChI=1S/C7H8F3N3/c1-4(11)5-2-3-6(13-12-5)7(8,9)10/h2-4H,11H2,1H3/t4-/m1/s1. The molecule has 13 heavy (non-hydrogen) atoms. The number of nitrogens with two attached hydrogens (primary N) is 1. The van der Waals surface area contributed by atoms with Crippen LogP contribution in [0.2, 0.25) is 0 Å². The Balaban J connectivity index is 2.94. The van der Waals surface area contributed by atoms with Gasteiger partial charge in [0.1, 0.15) is 0 Å². The van der Waals surface area contributed by atoms with Gasteiger partial charge in [-0.1, -0.05) is 0 Å². The first-order chi connectivity index (χ1) is 5.91. The molecular weight excluding hydrogens is 183 g/mol. The zero-order valence-corrected chi connectivity index (χ0v) is 6.84. The first-order valence-corrected chi connectivity index (χ1v) is 3.57. The second-order valence-corrected chi connectivity index (χ2v) is 2.63. The lowest BCUT2D eigenvalue weighted by molar-refractivity contribution is -0.141. The lowest BCUT2D eigenvalue weighted by atomic mass is 10.2. The Bertz CT molecular complexity index is 278. The van der Waals surface area contributed by atoms with Gasteiger partial charge in [-0.15, -0.1) is 5.10 Å². The van der Waals surface area contributed by atoms with E-state index in [1.54, 1.807) is 6.92 Å². The van der Waals surface area contributed by atoms with E-state index in [9.17, 15) is 13.2 Å². The quantitative estimate of drug-likeness (QED) is 0.732. The number of hydrogen-bond acceptors (Lipinski definition) is 3. The van der Waals surface area contributed by atoms with E-state index in [-0.39, 0.29) is 0 Å². The molecule has 0 aliphatic rings. The molecule has 1 rings (SSSR count). The zero-order valence-electron chi connectivity index (χ0n) is 6.84. The molecule has 0 spiro atoms. The molecule has 0 aromatic carbocycles. The zero-order chi connectivity index (χ0) is 10.1. The van der Waals surface area contributed by atoms with Crippen molar-refractivity contribution >= 4 is 0 Å². The minimum absolute atomic E-state index is 0.341. The molecule has 1 heterocycles. The largest absolute Gasteiger partial charge is 0.435 e. The van der Waals surface area contributed by atoms with E-state index in [0.29, 0.717) is 5.69 Å². The summed E-state index contributed by atoms with van der Waals surface area (Å²) in [7, 11) is 0. The van der Waals surface area contributed by atoms with Crippen LogP contribution in [0.1, 0.15) is 24.4 Å². The summed E-state index contributed by atoms with van der Waals surface area (Å²) in [4.78, 5) is 0. The number of nitrogens with zero attached hydrogens (tertiary/aromatic N) is 2. The van der Waals surface area contributed by atoms with Crippen molar-refractivity contribution in [2.45, 2.75) is 19.1 Å². The fourth-order valence-electron chi connectivity index (χ4n) is 0.737. The second-order valence-electron chi connectivity index (χ2n) is 2.63. The van der Waals surface area contributed by atoms with Gasteiger partial charge in [0, 0.05) is 6.04 Å². The Morgan fingerprint density at radius 2 is 1.92 bits per heavy atom. The Morgan fingerprint density at radius 3 is 2.23 bits per heavy atom. The summed E-state index contributed by atoms with van der Waals surface area (Å²) in [5.41, 5.74) is 4.73. The minimum Gasteiger partial charge on any atom is -0.323 e. The van der Waals surface area contributed by atoms with Crippen LogP contribution >= 0.6 is 0 Å². The van der Waals surface area contributed by atoms with Crippen LogP contribution < -0.4 is 5.73 Å². The lowest BCUT2D eigenvalue weighted by Crippen LogP contribution is -2.13. The Labute approximate surface area is 72.8 Å². The highest BCUT2D eigenvalue weighted by atomic mass is 19.4. The van der Waals surface area contributed by atoms with Crippen molar-refractivity contribution in [2.24, 2.45) is 5.73 Å². The van der Waals surface area contributed by atoms with E-state index in [2.05, 4.69) is 10.2 Å². The van der Waals surface area contributed by atoms with Crippen molar-refractivity contribution in [3.05, 3.63) is 23.5 Å². The smallest absolute Gasteiger partial charge is 0.323 e. The monoisotopic (exact) mass is 191 g/mol. The average molecular weight is 191 g/mol. The lowest BCUT2D eigenvalue weighted by Gasteiger charge is -2.06. The molecule has 0 amide bonds. The molecule has 0 saturated heterocycles. The SMILES string of the molecule is C[C@@H](N)c1ccc(C(F)(F)F)nn1. The Morgan fingerprint density at radius 1 is 1.31 bits per heavy atom. The molecule has 72 valence electrons. The van der Waals surface area contributed by atoms with Gasteiger partial charge < -0.3 is 5.73 Å². The summed E-state index contributed by atoms with van der Waals surface area (Å²) in [5, 5.41) is 6.37. The highest BCUT2D eigenvalue weighted by Gasteiger charge is 2.32. The molecule has 0 fully saturated rings. The van der Waals surface area contributed by atoms with Crippen LogP contribution in [0, 0.1) is 0 Å². The van der Waals surface area contributed by atoms with Crippen LogP contribution in [-0.2, 0) is 6.18 Å². The van der Waals surface area contributed by atoms with Crippen molar-refractivity contribution in [3.8, 4) is 0 Å². The molecule has 0 radical (unpaired) electrons. The van der Waals surface area contributed by atoms with Crippen molar-refractivity contribution in [1.82, 2.24) is 10.2 Å². The molecule has 0 aliphatic heterocycles. The Kier molecular flexibility index (Phi) is 2.51. The number of halogens is 3. The normalized spacial score (nSPS) is 14.2. The summed E-state index contributed by atoms with van der Waals surface area (Å²) in [6, 6.07) is 1.68. The van der Waals surface area contributed by atoms with Crippen molar-refractivity contribution in [3.63, 3.8) is 0 Å². The van der Waals surface area contributed by atoms with Gasteiger partial charge in [0.25, 0.3) is 0 Å². The van der Waals surface area contributed by atoms with E-state index < -0.39 is 17.9 Å². The van der Waals surface area contributed by atoms with Crippen LogP contribution in [0.3, 0.4) is 0 Å². The van der Waals surface area contributed by atoms with Gasteiger partial charge in [0.05, 0.1) is 5.69 Å². The van der Waals surface area contributed by atoms with Crippen molar-refractivity contribution in [2.75, 3.05) is 0 Å². The molecule has 0 bridgehead atoms. The first-order valence-electron chi connectivity index (χ1n) is 3.57. The van der Waals surface area contributed by atoms with E-state index in [4.69, 9.17) is 5.73 Å². The summed E-state index contributed by atoms with van der Waals surface area (Å²) in [6.45, 7) is 1.62. The molecular formula is C7H8F3N3. The van der Waals surface area contributed by atoms with Gasteiger partial charge in [-0.2, -0.15) is 18.3 Å². The van der Waals surface area contributed by atoms with E-state index in [1.165, 1.54) is 6.07 Å². The second kappa shape index (κ2) is 3.29. The fourth-order valence-corrected chi connectivity index (χ4v) is 0.737. The number of alkyl halides is 3. The van der Waals surface area contributed by atoms with E-state index >= 15 is 0 Å². The third kappa shape index (κ3) is 2.38. The van der Waals surface area contributed by atoms with Crippen LogP contribution in [-0.4, -0.2) is 10.2 Å². The maximum absolute atomic E-state index is 12.0. The maximum Gasteiger partial charge on any atom is 0.435 e. The molecule has 2 N–H and O–H groups in total. The molecule has 0 saturated carbocycles. The molecule has 0 aliphatic carbocycles.